The molecule has 0 aliphatic carbocycles. The summed E-state index contributed by atoms with van der Waals surface area (Å²) in [6.07, 6.45) is 6.10. The maximum absolute atomic E-state index is 5.39. The topological polar surface area (TPSA) is 27.7 Å². The quantitative estimate of drug-likeness (QED) is 0.787. The number of aryl methyl sites for hydroxylation is 1. The van der Waals surface area contributed by atoms with Crippen LogP contribution in [0.2, 0.25) is 0 Å². The normalized spacial score (nSPS) is 16.3. The van der Waals surface area contributed by atoms with Crippen LogP contribution < -0.4 is 9.47 Å². The Morgan fingerprint density at radius 2 is 1.84 bits per heavy atom. The van der Waals surface area contributed by atoms with Crippen molar-refractivity contribution >= 4 is 0 Å². The van der Waals surface area contributed by atoms with Crippen LogP contribution in [0.1, 0.15) is 31.2 Å². The molecule has 1 aromatic rings. The van der Waals surface area contributed by atoms with Crippen LogP contribution in [-0.2, 0) is 11.2 Å². The minimum atomic E-state index is 0.802. The number of hydrogen-bond acceptors (Lipinski definition) is 3. The van der Waals surface area contributed by atoms with Gasteiger partial charge in [-0.3, -0.25) is 0 Å². The first-order valence-corrected chi connectivity index (χ1v) is 7.12. The largest absolute Gasteiger partial charge is 0.493 e. The number of rotatable bonds is 6. The molecule has 0 spiro atoms. The predicted molar refractivity (Wildman–Crippen MR) is 76.0 cm³/mol. The van der Waals surface area contributed by atoms with Crippen LogP contribution in [0.25, 0.3) is 0 Å². The minimum Gasteiger partial charge on any atom is -0.493 e. The monoisotopic (exact) mass is 264 g/mol. The van der Waals surface area contributed by atoms with Crippen molar-refractivity contribution in [3.63, 3.8) is 0 Å². The number of ether oxygens (including phenoxy) is 3. The number of methoxy groups -OCH3 is 2. The van der Waals surface area contributed by atoms with Crippen molar-refractivity contribution in [2.24, 2.45) is 5.92 Å². The SMILES string of the molecule is COc1ccc(CCCC2CCOCC2)cc1OC. The summed E-state index contributed by atoms with van der Waals surface area (Å²) in [5.74, 6) is 2.48. The van der Waals surface area contributed by atoms with Crippen LogP contribution in [0.4, 0.5) is 0 Å². The molecule has 0 N–H and O–H groups in total. The fraction of sp³-hybridized carbons (Fsp3) is 0.625. The third-order valence-corrected chi connectivity index (χ3v) is 3.87. The van der Waals surface area contributed by atoms with Gasteiger partial charge in [-0.1, -0.05) is 6.07 Å². The van der Waals surface area contributed by atoms with E-state index >= 15 is 0 Å². The van der Waals surface area contributed by atoms with Gasteiger partial charge in [0.1, 0.15) is 0 Å². The van der Waals surface area contributed by atoms with Gasteiger partial charge in [-0.25, -0.2) is 0 Å². The van der Waals surface area contributed by atoms with Gasteiger partial charge in [0.05, 0.1) is 14.2 Å². The van der Waals surface area contributed by atoms with Crippen molar-refractivity contribution in [2.75, 3.05) is 27.4 Å². The van der Waals surface area contributed by atoms with Crippen molar-refractivity contribution in [3.05, 3.63) is 23.8 Å². The van der Waals surface area contributed by atoms with Gasteiger partial charge in [0.2, 0.25) is 0 Å². The lowest BCUT2D eigenvalue weighted by molar-refractivity contribution is 0.0633. The molecule has 3 nitrogen and oxygen atoms in total. The van der Waals surface area contributed by atoms with Gasteiger partial charge in [0.25, 0.3) is 0 Å². The first kappa shape index (κ1) is 14.2. The summed E-state index contributed by atoms with van der Waals surface area (Å²) >= 11 is 0. The van der Waals surface area contributed by atoms with Crippen LogP contribution >= 0.6 is 0 Å². The molecular formula is C16H24O3. The molecule has 0 amide bonds. The molecule has 1 heterocycles. The first-order valence-electron chi connectivity index (χ1n) is 7.12. The fourth-order valence-corrected chi connectivity index (χ4v) is 2.67. The second-order valence-corrected chi connectivity index (χ2v) is 5.14. The molecule has 0 bridgehead atoms. The van der Waals surface area contributed by atoms with E-state index in [2.05, 4.69) is 12.1 Å². The highest BCUT2D eigenvalue weighted by atomic mass is 16.5. The van der Waals surface area contributed by atoms with E-state index in [0.717, 1.165) is 37.1 Å². The average molecular weight is 264 g/mol. The first-order chi connectivity index (χ1) is 9.33. The van der Waals surface area contributed by atoms with Gasteiger partial charge in [0.15, 0.2) is 11.5 Å². The molecule has 1 saturated heterocycles. The van der Waals surface area contributed by atoms with Gasteiger partial charge in [-0.15, -0.1) is 0 Å². The fourth-order valence-electron chi connectivity index (χ4n) is 2.67. The van der Waals surface area contributed by atoms with Gasteiger partial charge < -0.3 is 14.2 Å². The van der Waals surface area contributed by atoms with Crippen molar-refractivity contribution in [1.82, 2.24) is 0 Å². The summed E-state index contributed by atoms with van der Waals surface area (Å²) in [4.78, 5) is 0. The molecule has 1 aliphatic rings. The Bertz CT molecular complexity index is 384. The maximum Gasteiger partial charge on any atom is 0.160 e. The molecule has 0 radical (unpaired) electrons. The minimum absolute atomic E-state index is 0.802. The van der Waals surface area contributed by atoms with Crippen LogP contribution in [0, 0.1) is 5.92 Å². The Balaban J connectivity index is 1.81. The number of hydrogen-bond donors (Lipinski definition) is 0. The highest BCUT2D eigenvalue weighted by molar-refractivity contribution is 5.42. The third kappa shape index (κ3) is 4.13. The van der Waals surface area contributed by atoms with E-state index in [1.54, 1.807) is 14.2 Å². The second kappa shape index (κ2) is 7.39. The van der Waals surface area contributed by atoms with Gasteiger partial charge in [0, 0.05) is 13.2 Å². The van der Waals surface area contributed by atoms with Gasteiger partial charge >= 0.3 is 0 Å². The summed E-state index contributed by atoms with van der Waals surface area (Å²) in [5, 5.41) is 0. The molecule has 106 valence electrons. The Morgan fingerprint density at radius 3 is 2.53 bits per heavy atom. The van der Waals surface area contributed by atoms with Crippen molar-refractivity contribution < 1.29 is 14.2 Å². The number of benzene rings is 1. The lowest BCUT2D eigenvalue weighted by Gasteiger charge is -2.21. The molecule has 0 saturated carbocycles. The van der Waals surface area contributed by atoms with E-state index in [4.69, 9.17) is 14.2 Å². The zero-order valence-electron chi connectivity index (χ0n) is 12.0. The van der Waals surface area contributed by atoms with Crippen LogP contribution in [-0.4, -0.2) is 27.4 Å². The van der Waals surface area contributed by atoms with Gasteiger partial charge in [-0.2, -0.15) is 0 Å². The molecular weight excluding hydrogens is 240 g/mol. The summed E-state index contributed by atoms with van der Waals surface area (Å²) in [7, 11) is 3.35. The molecule has 19 heavy (non-hydrogen) atoms. The molecule has 0 unspecified atom stereocenters. The second-order valence-electron chi connectivity index (χ2n) is 5.14. The zero-order valence-corrected chi connectivity index (χ0v) is 12.0. The highest BCUT2D eigenvalue weighted by Crippen LogP contribution is 2.28. The van der Waals surface area contributed by atoms with Crippen LogP contribution in [0.3, 0.4) is 0 Å². The van der Waals surface area contributed by atoms with Crippen molar-refractivity contribution in [1.29, 1.82) is 0 Å². The molecule has 0 aromatic heterocycles. The molecule has 1 aromatic carbocycles. The van der Waals surface area contributed by atoms with Crippen LogP contribution in [0.5, 0.6) is 11.5 Å². The summed E-state index contributed by atoms with van der Waals surface area (Å²) in [6.45, 7) is 1.89. The van der Waals surface area contributed by atoms with E-state index in [1.807, 2.05) is 6.07 Å². The van der Waals surface area contributed by atoms with Crippen molar-refractivity contribution in [3.8, 4) is 11.5 Å². The Kier molecular flexibility index (Phi) is 5.52. The van der Waals surface area contributed by atoms with Crippen molar-refractivity contribution in [2.45, 2.75) is 32.1 Å². The molecule has 1 fully saturated rings. The predicted octanol–water partition coefficient (Wildman–Crippen LogP) is 3.45. The Morgan fingerprint density at radius 1 is 1.11 bits per heavy atom. The van der Waals surface area contributed by atoms with Crippen LogP contribution in [0.15, 0.2) is 18.2 Å². The molecule has 2 rings (SSSR count). The highest BCUT2D eigenvalue weighted by Gasteiger charge is 2.13. The van der Waals surface area contributed by atoms with E-state index in [9.17, 15) is 0 Å². The third-order valence-electron chi connectivity index (χ3n) is 3.87. The lowest BCUT2D eigenvalue weighted by Crippen LogP contribution is -2.15. The molecule has 1 aliphatic heterocycles. The smallest absolute Gasteiger partial charge is 0.160 e. The Labute approximate surface area is 115 Å². The average Bonchev–Trinajstić information content (AvgIpc) is 2.48. The lowest BCUT2D eigenvalue weighted by atomic mass is 9.93. The standard InChI is InChI=1S/C16H24O3/c1-17-15-7-6-14(12-16(15)18-2)5-3-4-13-8-10-19-11-9-13/h6-7,12-13H,3-5,8-11H2,1-2H3. The zero-order chi connectivity index (χ0) is 13.5. The molecule has 0 atom stereocenters. The maximum atomic E-state index is 5.39. The van der Waals surface area contributed by atoms with E-state index in [-0.39, 0.29) is 0 Å². The molecule has 3 heteroatoms. The summed E-state index contributed by atoms with van der Waals surface area (Å²) in [5.41, 5.74) is 1.32. The summed E-state index contributed by atoms with van der Waals surface area (Å²) < 4.78 is 16.0. The van der Waals surface area contributed by atoms with E-state index in [1.165, 1.54) is 31.2 Å². The van der Waals surface area contributed by atoms with E-state index in [0.29, 0.717) is 0 Å². The Hall–Kier alpha value is -1.22. The van der Waals surface area contributed by atoms with Gasteiger partial charge in [-0.05, 0) is 55.7 Å². The summed E-state index contributed by atoms with van der Waals surface area (Å²) in [6, 6.07) is 6.21. The van der Waals surface area contributed by atoms with E-state index < -0.39 is 0 Å².